The maximum absolute atomic E-state index is 12.6. The molecule has 88 valence electrons. The second-order valence-corrected chi connectivity index (χ2v) is 3.50. The van der Waals surface area contributed by atoms with E-state index in [2.05, 4.69) is 15.9 Å². The third-order valence-electron chi connectivity index (χ3n) is 1.95. The highest BCUT2D eigenvalue weighted by atomic mass is 79.9. The summed E-state index contributed by atoms with van der Waals surface area (Å²) in [6.45, 7) is 0. The molecular formula is C10H8BrF3O2. The van der Waals surface area contributed by atoms with Gasteiger partial charge in [0.1, 0.15) is 5.75 Å². The van der Waals surface area contributed by atoms with Crippen molar-refractivity contribution in [3.8, 4) is 5.75 Å². The van der Waals surface area contributed by atoms with Crippen LogP contribution in [0, 0.1) is 0 Å². The van der Waals surface area contributed by atoms with Gasteiger partial charge in [-0.25, -0.2) is 0 Å². The number of ether oxygens (including phenoxy) is 1. The molecule has 0 spiro atoms. The van der Waals surface area contributed by atoms with Crippen LogP contribution in [0.3, 0.4) is 0 Å². The van der Waals surface area contributed by atoms with E-state index in [0.717, 1.165) is 6.07 Å². The van der Waals surface area contributed by atoms with Gasteiger partial charge in [-0.3, -0.25) is 4.79 Å². The van der Waals surface area contributed by atoms with Gasteiger partial charge in [-0.05, 0) is 12.1 Å². The molecule has 0 bridgehead atoms. The molecule has 0 saturated heterocycles. The first-order valence-corrected chi connectivity index (χ1v) is 5.37. The molecule has 0 saturated carbocycles. The van der Waals surface area contributed by atoms with Crippen LogP contribution in [0.2, 0.25) is 0 Å². The number of carbonyl (C=O) groups is 1. The predicted molar refractivity (Wildman–Crippen MR) is 56.1 cm³/mol. The van der Waals surface area contributed by atoms with Gasteiger partial charge in [-0.15, -0.1) is 0 Å². The minimum Gasteiger partial charge on any atom is -0.496 e. The number of methoxy groups -OCH3 is 1. The fourth-order valence-corrected chi connectivity index (χ4v) is 1.57. The van der Waals surface area contributed by atoms with Crippen molar-refractivity contribution in [2.45, 2.75) is 6.18 Å². The zero-order chi connectivity index (χ0) is 12.3. The molecule has 1 aromatic carbocycles. The number of Topliss-reactive ketones (excluding diaryl/α,β-unsaturated/α-hetero) is 1. The Kier molecular flexibility index (Phi) is 3.96. The SMILES string of the molecule is COc1cccc(C(F)(F)F)c1C(=O)CBr. The number of carbonyl (C=O) groups excluding carboxylic acids is 1. The number of ketones is 1. The summed E-state index contributed by atoms with van der Waals surface area (Å²) in [7, 11) is 1.22. The average Bonchev–Trinajstić information content (AvgIpc) is 2.25. The maximum atomic E-state index is 12.6. The van der Waals surface area contributed by atoms with E-state index >= 15 is 0 Å². The van der Waals surface area contributed by atoms with Crippen LogP contribution < -0.4 is 4.74 Å². The van der Waals surface area contributed by atoms with Crippen molar-refractivity contribution in [2.75, 3.05) is 12.4 Å². The van der Waals surface area contributed by atoms with E-state index in [1.807, 2.05) is 0 Å². The Morgan fingerprint density at radius 2 is 2.06 bits per heavy atom. The number of rotatable bonds is 3. The van der Waals surface area contributed by atoms with E-state index in [1.165, 1.54) is 19.2 Å². The minimum atomic E-state index is -4.57. The lowest BCUT2D eigenvalue weighted by atomic mass is 10.0. The van der Waals surface area contributed by atoms with Crippen LogP contribution in [0.15, 0.2) is 18.2 Å². The molecule has 0 amide bonds. The zero-order valence-corrected chi connectivity index (χ0v) is 9.85. The standard InChI is InChI=1S/C10H8BrF3O2/c1-16-8-4-2-3-6(10(12,13)14)9(8)7(15)5-11/h2-4H,5H2,1H3. The summed E-state index contributed by atoms with van der Waals surface area (Å²) in [5, 5.41) is -0.184. The van der Waals surface area contributed by atoms with E-state index in [0.29, 0.717) is 0 Å². The van der Waals surface area contributed by atoms with Crippen LogP contribution in [-0.4, -0.2) is 18.2 Å². The highest BCUT2D eigenvalue weighted by molar-refractivity contribution is 9.09. The molecule has 16 heavy (non-hydrogen) atoms. The molecule has 0 heterocycles. The Hall–Kier alpha value is -1.04. The molecular weight excluding hydrogens is 289 g/mol. The van der Waals surface area contributed by atoms with Gasteiger partial charge in [-0.1, -0.05) is 22.0 Å². The lowest BCUT2D eigenvalue weighted by molar-refractivity contribution is -0.138. The molecule has 0 radical (unpaired) electrons. The number of benzene rings is 1. The van der Waals surface area contributed by atoms with Crippen molar-refractivity contribution in [1.82, 2.24) is 0 Å². The fourth-order valence-electron chi connectivity index (χ4n) is 1.29. The van der Waals surface area contributed by atoms with Gasteiger partial charge in [0.2, 0.25) is 0 Å². The molecule has 0 aliphatic rings. The minimum absolute atomic E-state index is 0.0701. The Balaban J connectivity index is 3.44. The van der Waals surface area contributed by atoms with Gasteiger partial charge in [0.05, 0.1) is 23.6 Å². The summed E-state index contributed by atoms with van der Waals surface area (Å²) in [6.07, 6.45) is -4.57. The van der Waals surface area contributed by atoms with Crippen LogP contribution in [0.1, 0.15) is 15.9 Å². The monoisotopic (exact) mass is 296 g/mol. The van der Waals surface area contributed by atoms with Gasteiger partial charge in [0.15, 0.2) is 5.78 Å². The van der Waals surface area contributed by atoms with Crippen molar-refractivity contribution in [1.29, 1.82) is 0 Å². The Morgan fingerprint density at radius 1 is 1.44 bits per heavy atom. The number of halogens is 4. The molecule has 2 nitrogen and oxygen atoms in total. The molecule has 0 N–H and O–H groups in total. The average molecular weight is 297 g/mol. The third kappa shape index (κ3) is 2.55. The number of hydrogen-bond acceptors (Lipinski definition) is 2. The van der Waals surface area contributed by atoms with Crippen LogP contribution >= 0.6 is 15.9 Å². The molecule has 0 aliphatic heterocycles. The predicted octanol–water partition coefficient (Wildman–Crippen LogP) is 3.29. The van der Waals surface area contributed by atoms with Gasteiger partial charge in [0, 0.05) is 0 Å². The highest BCUT2D eigenvalue weighted by Crippen LogP contribution is 2.36. The Bertz CT molecular complexity index is 402. The van der Waals surface area contributed by atoms with Gasteiger partial charge < -0.3 is 4.74 Å². The van der Waals surface area contributed by atoms with E-state index in [-0.39, 0.29) is 11.1 Å². The molecule has 0 aliphatic carbocycles. The number of alkyl halides is 4. The lowest BCUT2D eigenvalue weighted by Gasteiger charge is -2.14. The third-order valence-corrected chi connectivity index (χ3v) is 2.46. The van der Waals surface area contributed by atoms with Crippen LogP contribution in [0.5, 0.6) is 5.75 Å². The summed E-state index contributed by atoms with van der Waals surface area (Å²) in [5.74, 6) is -0.732. The van der Waals surface area contributed by atoms with E-state index in [1.54, 1.807) is 0 Å². The molecule has 6 heteroatoms. The fraction of sp³-hybridized carbons (Fsp3) is 0.300. The lowest BCUT2D eigenvalue weighted by Crippen LogP contribution is -2.15. The summed E-state index contributed by atoms with van der Waals surface area (Å²) in [4.78, 5) is 11.4. The first kappa shape index (κ1) is 13.0. The largest absolute Gasteiger partial charge is 0.496 e. The molecule has 0 aromatic heterocycles. The van der Waals surface area contributed by atoms with Crippen molar-refractivity contribution < 1.29 is 22.7 Å². The Morgan fingerprint density at radius 3 is 2.50 bits per heavy atom. The summed E-state index contributed by atoms with van der Waals surface area (Å²) in [5.41, 5.74) is -1.41. The number of hydrogen-bond donors (Lipinski definition) is 0. The van der Waals surface area contributed by atoms with Gasteiger partial charge in [-0.2, -0.15) is 13.2 Å². The van der Waals surface area contributed by atoms with Crippen LogP contribution in [-0.2, 0) is 6.18 Å². The quantitative estimate of drug-likeness (QED) is 0.632. The van der Waals surface area contributed by atoms with Crippen molar-refractivity contribution in [3.63, 3.8) is 0 Å². The van der Waals surface area contributed by atoms with Crippen molar-refractivity contribution in [2.24, 2.45) is 0 Å². The molecule has 1 aromatic rings. The summed E-state index contributed by atoms with van der Waals surface area (Å²) < 4.78 is 42.7. The summed E-state index contributed by atoms with van der Waals surface area (Å²) in [6, 6.07) is 3.39. The van der Waals surface area contributed by atoms with E-state index in [9.17, 15) is 18.0 Å². The first-order valence-electron chi connectivity index (χ1n) is 4.25. The first-order chi connectivity index (χ1) is 7.41. The van der Waals surface area contributed by atoms with Crippen LogP contribution in [0.4, 0.5) is 13.2 Å². The van der Waals surface area contributed by atoms with Crippen molar-refractivity contribution in [3.05, 3.63) is 29.3 Å². The molecule has 0 unspecified atom stereocenters. The molecule has 1 rings (SSSR count). The topological polar surface area (TPSA) is 26.3 Å². The molecule has 0 atom stereocenters. The second kappa shape index (κ2) is 4.86. The maximum Gasteiger partial charge on any atom is 0.417 e. The Labute approximate surface area is 98.5 Å². The smallest absolute Gasteiger partial charge is 0.417 e. The zero-order valence-electron chi connectivity index (χ0n) is 8.27. The normalized spacial score (nSPS) is 11.3. The van der Waals surface area contributed by atoms with Gasteiger partial charge in [0.25, 0.3) is 0 Å². The van der Waals surface area contributed by atoms with E-state index < -0.39 is 23.1 Å². The second-order valence-electron chi connectivity index (χ2n) is 2.94. The van der Waals surface area contributed by atoms with Crippen LogP contribution in [0.25, 0.3) is 0 Å². The van der Waals surface area contributed by atoms with Crippen molar-refractivity contribution >= 4 is 21.7 Å². The van der Waals surface area contributed by atoms with E-state index in [4.69, 9.17) is 4.74 Å². The molecule has 0 fully saturated rings. The highest BCUT2D eigenvalue weighted by Gasteiger charge is 2.36. The summed E-state index contributed by atoms with van der Waals surface area (Å²) >= 11 is 2.84. The van der Waals surface area contributed by atoms with Gasteiger partial charge >= 0.3 is 6.18 Å².